The summed E-state index contributed by atoms with van der Waals surface area (Å²) >= 11 is 9.68. The normalized spacial score (nSPS) is 17.8. The molecule has 11 heteroatoms. The molecule has 2 atom stereocenters. The zero-order valence-electron chi connectivity index (χ0n) is 17.3. The van der Waals surface area contributed by atoms with E-state index in [-0.39, 0.29) is 29.5 Å². The van der Waals surface area contributed by atoms with Crippen LogP contribution in [0, 0.1) is 0 Å². The van der Waals surface area contributed by atoms with Gasteiger partial charge in [0.05, 0.1) is 13.2 Å². The number of alkyl halides is 3. The minimum atomic E-state index is -4.57. The predicted octanol–water partition coefficient (Wildman–Crippen LogP) is 5.90. The van der Waals surface area contributed by atoms with Crippen molar-refractivity contribution in [2.45, 2.75) is 31.2 Å². The number of benzene rings is 2. The first-order chi connectivity index (χ1) is 15.7. The van der Waals surface area contributed by atoms with E-state index in [9.17, 15) is 18.0 Å². The molecule has 3 aromatic rings. The van der Waals surface area contributed by atoms with Crippen molar-refractivity contribution in [1.82, 2.24) is 15.1 Å². The van der Waals surface area contributed by atoms with Gasteiger partial charge in [-0.2, -0.15) is 18.3 Å². The van der Waals surface area contributed by atoms with Crippen LogP contribution in [0.15, 0.2) is 53.0 Å². The van der Waals surface area contributed by atoms with Crippen molar-refractivity contribution in [3.8, 4) is 5.75 Å². The highest BCUT2D eigenvalue weighted by Gasteiger charge is 2.47. The van der Waals surface area contributed by atoms with Gasteiger partial charge in [0.25, 0.3) is 5.91 Å². The van der Waals surface area contributed by atoms with Gasteiger partial charge < -0.3 is 15.4 Å². The van der Waals surface area contributed by atoms with Gasteiger partial charge in [0.1, 0.15) is 16.6 Å². The van der Waals surface area contributed by atoms with Crippen LogP contribution in [0.5, 0.6) is 5.75 Å². The van der Waals surface area contributed by atoms with Gasteiger partial charge >= 0.3 is 6.18 Å². The van der Waals surface area contributed by atoms with Crippen LogP contribution in [0.4, 0.5) is 19.0 Å². The minimum Gasteiger partial charge on any atom is -0.497 e. The fourth-order valence-electron chi connectivity index (χ4n) is 3.66. The van der Waals surface area contributed by atoms with Crippen molar-refractivity contribution < 1.29 is 22.7 Å². The molecule has 1 aliphatic heterocycles. The highest BCUT2D eigenvalue weighted by atomic mass is 79.9. The number of carbonyl (C=O) groups excluding carboxylic acids is 1. The number of aromatic nitrogens is 2. The van der Waals surface area contributed by atoms with E-state index in [1.807, 2.05) is 0 Å². The molecule has 174 valence electrons. The average Bonchev–Trinajstić information content (AvgIpc) is 3.13. The minimum absolute atomic E-state index is 0.0345. The first-order valence-electron chi connectivity index (χ1n) is 9.95. The maximum absolute atomic E-state index is 13.9. The summed E-state index contributed by atoms with van der Waals surface area (Å²) in [5.74, 6) is -0.0344. The second kappa shape index (κ2) is 9.26. The second-order valence-electron chi connectivity index (χ2n) is 7.53. The third-order valence-corrected chi connectivity index (χ3v) is 6.28. The summed E-state index contributed by atoms with van der Waals surface area (Å²) in [5, 5.41) is 9.46. The summed E-state index contributed by atoms with van der Waals surface area (Å²) in [6.07, 6.45) is -4.86. The van der Waals surface area contributed by atoms with E-state index in [0.717, 1.165) is 14.7 Å². The Morgan fingerprint density at radius 3 is 2.52 bits per heavy atom. The SMILES string of the molecule is COc1ccc(CNC(=O)c2nn3c(c2Cl)N[C@@H](c2ccc(Br)cc2)C[C@H]3C(F)(F)F)cc1. The van der Waals surface area contributed by atoms with Crippen molar-refractivity contribution in [2.24, 2.45) is 0 Å². The highest BCUT2D eigenvalue weighted by Crippen LogP contribution is 2.46. The summed E-state index contributed by atoms with van der Waals surface area (Å²) in [7, 11) is 1.54. The number of fused-ring (bicyclic) bond motifs is 1. The van der Waals surface area contributed by atoms with E-state index >= 15 is 0 Å². The molecule has 1 amide bonds. The summed E-state index contributed by atoms with van der Waals surface area (Å²) < 4.78 is 48.4. The van der Waals surface area contributed by atoms with Crippen LogP contribution in [-0.2, 0) is 6.54 Å². The number of hydrogen-bond acceptors (Lipinski definition) is 4. The van der Waals surface area contributed by atoms with Gasteiger partial charge in [-0.05, 0) is 35.4 Å². The Morgan fingerprint density at radius 1 is 1.24 bits per heavy atom. The van der Waals surface area contributed by atoms with Crippen LogP contribution in [0.25, 0.3) is 0 Å². The number of carbonyl (C=O) groups is 1. The Morgan fingerprint density at radius 2 is 1.91 bits per heavy atom. The molecule has 0 radical (unpaired) electrons. The van der Waals surface area contributed by atoms with Crippen molar-refractivity contribution in [1.29, 1.82) is 0 Å². The van der Waals surface area contributed by atoms with Gasteiger partial charge in [0.15, 0.2) is 11.7 Å². The lowest BCUT2D eigenvalue weighted by Crippen LogP contribution is -2.35. The van der Waals surface area contributed by atoms with Gasteiger partial charge in [-0.15, -0.1) is 0 Å². The largest absolute Gasteiger partial charge is 0.497 e. The number of hydrogen-bond donors (Lipinski definition) is 2. The zero-order chi connectivity index (χ0) is 23.8. The molecule has 33 heavy (non-hydrogen) atoms. The quantitative estimate of drug-likeness (QED) is 0.421. The maximum atomic E-state index is 13.9. The van der Waals surface area contributed by atoms with Crippen molar-refractivity contribution in [3.05, 3.63) is 74.8 Å². The van der Waals surface area contributed by atoms with E-state index < -0.39 is 24.2 Å². The molecule has 2 N–H and O–H groups in total. The molecule has 0 bridgehead atoms. The van der Waals surface area contributed by atoms with Crippen LogP contribution >= 0.6 is 27.5 Å². The summed E-state index contributed by atoms with van der Waals surface area (Å²) in [4.78, 5) is 12.7. The van der Waals surface area contributed by atoms with Gasteiger partial charge in [0, 0.05) is 17.4 Å². The predicted molar refractivity (Wildman–Crippen MR) is 122 cm³/mol. The lowest BCUT2D eigenvalue weighted by atomic mass is 9.97. The molecule has 0 saturated heterocycles. The maximum Gasteiger partial charge on any atom is 0.410 e. The van der Waals surface area contributed by atoms with Crippen LogP contribution in [0.2, 0.25) is 5.02 Å². The Bertz CT molecular complexity index is 1150. The monoisotopic (exact) mass is 542 g/mol. The number of nitrogens with zero attached hydrogens (tertiary/aromatic N) is 2. The van der Waals surface area contributed by atoms with Crippen molar-refractivity contribution in [3.63, 3.8) is 0 Å². The van der Waals surface area contributed by atoms with Gasteiger partial charge in [-0.25, -0.2) is 4.68 Å². The lowest BCUT2D eigenvalue weighted by molar-refractivity contribution is -0.173. The van der Waals surface area contributed by atoms with Crippen molar-refractivity contribution in [2.75, 3.05) is 12.4 Å². The van der Waals surface area contributed by atoms with E-state index in [1.165, 1.54) is 0 Å². The molecule has 4 rings (SSSR count). The standard InChI is InChI=1S/C22H19BrClF3N4O2/c1-33-15-8-2-12(3-9-15)11-28-21(32)19-18(24)20-29-16(13-4-6-14(23)7-5-13)10-17(22(25,26)27)31(20)30-19/h2-9,16-17,29H,10-11H2,1H3,(H,28,32)/t16-,17+/m1/s1. The molecule has 0 fully saturated rings. The van der Waals surface area contributed by atoms with Gasteiger partial charge in [-0.1, -0.05) is 51.8 Å². The molecule has 0 saturated carbocycles. The summed E-state index contributed by atoms with van der Waals surface area (Å²) in [6.45, 7) is 0.152. The number of halogens is 5. The first-order valence-corrected chi connectivity index (χ1v) is 11.1. The fraction of sp³-hybridized carbons (Fsp3) is 0.273. The second-order valence-corrected chi connectivity index (χ2v) is 8.82. The molecule has 0 spiro atoms. The summed E-state index contributed by atoms with van der Waals surface area (Å²) in [6, 6.07) is 11.4. The van der Waals surface area contributed by atoms with E-state index in [2.05, 4.69) is 31.7 Å². The Kier molecular flexibility index (Phi) is 6.58. The van der Waals surface area contributed by atoms with Gasteiger partial charge in [0.2, 0.25) is 0 Å². The number of amides is 1. The Balaban J connectivity index is 1.59. The highest BCUT2D eigenvalue weighted by molar-refractivity contribution is 9.10. The molecule has 2 aromatic carbocycles. The van der Waals surface area contributed by atoms with Crippen LogP contribution in [0.1, 0.15) is 40.1 Å². The molecule has 0 unspecified atom stereocenters. The molecule has 1 aliphatic rings. The zero-order valence-corrected chi connectivity index (χ0v) is 19.6. The third kappa shape index (κ3) is 4.96. The number of rotatable bonds is 5. The van der Waals surface area contributed by atoms with E-state index in [1.54, 1.807) is 55.6 Å². The molecule has 0 aliphatic carbocycles. The first kappa shape index (κ1) is 23.4. The van der Waals surface area contributed by atoms with E-state index in [0.29, 0.717) is 11.3 Å². The van der Waals surface area contributed by atoms with E-state index in [4.69, 9.17) is 16.3 Å². The topological polar surface area (TPSA) is 68.2 Å². The van der Waals surface area contributed by atoms with Crippen LogP contribution < -0.4 is 15.4 Å². The molecular weight excluding hydrogens is 525 g/mol. The summed E-state index contributed by atoms with van der Waals surface area (Å²) in [5.41, 5.74) is 1.19. The van der Waals surface area contributed by atoms with Crippen LogP contribution in [-0.4, -0.2) is 29.0 Å². The number of nitrogens with one attached hydrogen (secondary N) is 2. The smallest absolute Gasteiger partial charge is 0.410 e. The number of anilines is 1. The van der Waals surface area contributed by atoms with Crippen molar-refractivity contribution >= 4 is 39.3 Å². The molecule has 1 aromatic heterocycles. The number of ether oxygens (including phenoxy) is 1. The molecule has 2 heterocycles. The third-order valence-electron chi connectivity index (χ3n) is 5.40. The Labute approximate surface area is 201 Å². The van der Waals surface area contributed by atoms with Gasteiger partial charge in [-0.3, -0.25) is 4.79 Å². The molecule has 6 nitrogen and oxygen atoms in total. The lowest BCUT2D eigenvalue weighted by Gasteiger charge is -2.33. The average molecular weight is 544 g/mol. The molecular formula is C22H19BrClF3N4O2. The van der Waals surface area contributed by atoms with Crippen LogP contribution in [0.3, 0.4) is 0 Å². The Hall–Kier alpha value is -2.72. The number of methoxy groups -OCH3 is 1. The fourth-order valence-corrected chi connectivity index (χ4v) is 4.19.